The second kappa shape index (κ2) is 4.35. The van der Waals surface area contributed by atoms with Crippen molar-refractivity contribution in [3.05, 3.63) is 24.3 Å². The van der Waals surface area contributed by atoms with Crippen LogP contribution in [0.5, 0.6) is 0 Å². The maximum absolute atomic E-state index is 5.85. The summed E-state index contributed by atoms with van der Waals surface area (Å²) in [4.78, 5) is 0. The van der Waals surface area contributed by atoms with Crippen molar-refractivity contribution in [1.82, 2.24) is 0 Å². The first-order chi connectivity index (χ1) is 4.98. The number of hydrogen-bond donors (Lipinski definition) is 1. The van der Waals surface area contributed by atoms with Gasteiger partial charge in [0, 0.05) is 5.54 Å². The van der Waals surface area contributed by atoms with Crippen LogP contribution in [-0.4, -0.2) is 5.54 Å². The average Bonchev–Trinajstić information content (AvgIpc) is 1.87. The van der Waals surface area contributed by atoms with Crippen LogP contribution in [0.4, 0.5) is 0 Å². The molecular weight excluding hydrogens is 134 g/mol. The quantitative estimate of drug-likeness (QED) is 0.617. The molecule has 0 amide bonds. The summed E-state index contributed by atoms with van der Waals surface area (Å²) in [6, 6.07) is 0. The Morgan fingerprint density at radius 1 is 1.55 bits per heavy atom. The Morgan fingerprint density at radius 3 is 2.45 bits per heavy atom. The highest BCUT2D eigenvalue weighted by Gasteiger charge is 2.10. The Kier molecular flexibility index (Phi) is 4.12. The summed E-state index contributed by atoms with van der Waals surface area (Å²) in [5.74, 6) is 0. The summed E-state index contributed by atoms with van der Waals surface area (Å²) in [5.41, 5.74) is 7.00. The van der Waals surface area contributed by atoms with E-state index in [0.29, 0.717) is 0 Å². The standard InChI is InChI=1S/C10H19N/c1-5-10(4,11)8-6-7-9(2)3/h5,7H,1,6,8,11H2,2-4H3/t10-/m0/s1. The molecule has 0 aliphatic rings. The van der Waals surface area contributed by atoms with Gasteiger partial charge in [0.15, 0.2) is 0 Å². The predicted octanol–water partition coefficient (Wildman–Crippen LogP) is 2.64. The molecule has 0 fully saturated rings. The van der Waals surface area contributed by atoms with E-state index < -0.39 is 0 Å². The molecule has 0 radical (unpaired) electrons. The van der Waals surface area contributed by atoms with Crippen LogP contribution in [0.3, 0.4) is 0 Å². The van der Waals surface area contributed by atoms with E-state index in [0.717, 1.165) is 12.8 Å². The zero-order valence-corrected chi connectivity index (χ0v) is 7.85. The molecule has 64 valence electrons. The predicted molar refractivity (Wildman–Crippen MR) is 51.5 cm³/mol. The summed E-state index contributed by atoms with van der Waals surface area (Å²) in [5, 5.41) is 0. The first-order valence-electron chi connectivity index (χ1n) is 4.04. The Labute approximate surface area is 70.0 Å². The fourth-order valence-corrected chi connectivity index (χ4v) is 0.774. The normalized spacial score (nSPS) is 15.3. The molecule has 0 saturated carbocycles. The molecule has 0 unspecified atom stereocenters. The van der Waals surface area contributed by atoms with Crippen LogP contribution in [0.25, 0.3) is 0 Å². The monoisotopic (exact) mass is 153 g/mol. The zero-order chi connectivity index (χ0) is 8.91. The molecule has 0 bridgehead atoms. The van der Waals surface area contributed by atoms with E-state index in [1.807, 2.05) is 13.0 Å². The van der Waals surface area contributed by atoms with E-state index in [-0.39, 0.29) is 5.54 Å². The number of rotatable bonds is 4. The lowest BCUT2D eigenvalue weighted by Gasteiger charge is -2.18. The smallest absolute Gasteiger partial charge is 0.0310 e. The minimum Gasteiger partial charge on any atom is -0.322 e. The molecule has 1 atom stereocenters. The van der Waals surface area contributed by atoms with Gasteiger partial charge in [-0.05, 0) is 33.6 Å². The van der Waals surface area contributed by atoms with Gasteiger partial charge in [-0.25, -0.2) is 0 Å². The fourth-order valence-electron chi connectivity index (χ4n) is 0.774. The van der Waals surface area contributed by atoms with Crippen molar-refractivity contribution in [2.24, 2.45) is 5.73 Å². The largest absolute Gasteiger partial charge is 0.322 e. The van der Waals surface area contributed by atoms with Crippen molar-refractivity contribution in [2.75, 3.05) is 0 Å². The molecule has 11 heavy (non-hydrogen) atoms. The van der Waals surface area contributed by atoms with Gasteiger partial charge in [-0.1, -0.05) is 17.7 Å². The maximum Gasteiger partial charge on any atom is 0.0310 e. The summed E-state index contributed by atoms with van der Waals surface area (Å²) >= 11 is 0. The summed E-state index contributed by atoms with van der Waals surface area (Å²) in [6.07, 6.45) is 6.03. The van der Waals surface area contributed by atoms with Crippen molar-refractivity contribution in [3.63, 3.8) is 0 Å². The van der Waals surface area contributed by atoms with Crippen molar-refractivity contribution in [3.8, 4) is 0 Å². The molecule has 0 aromatic heterocycles. The molecule has 1 heteroatoms. The topological polar surface area (TPSA) is 26.0 Å². The minimum atomic E-state index is -0.202. The molecule has 0 rings (SSSR count). The van der Waals surface area contributed by atoms with Gasteiger partial charge in [0.25, 0.3) is 0 Å². The molecular formula is C10H19N. The number of nitrogens with two attached hydrogens (primary N) is 1. The van der Waals surface area contributed by atoms with Crippen molar-refractivity contribution < 1.29 is 0 Å². The van der Waals surface area contributed by atoms with Gasteiger partial charge >= 0.3 is 0 Å². The first kappa shape index (κ1) is 10.4. The van der Waals surface area contributed by atoms with Gasteiger partial charge in [0.2, 0.25) is 0 Å². The van der Waals surface area contributed by atoms with E-state index in [1.165, 1.54) is 5.57 Å². The fraction of sp³-hybridized carbons (Fsp3) is 0.600. The van der Waals surface area contributed by atoms with Gasteiger partial charge in [-0.3, -0.25) is 0 Å². The highest BCUT2D eigenvalue weighted by atomic mass is 14.7. The van der Waals surface area contributed by atoms with E-state index in [2.05, 4.69) is 26.5 Å². The Hall–Kier alpha value is -0.560. The first-order valence-corrected chi connectivity index (χ1v) is 4.04. The second-order valence-electron chi connectivity index (χ2n) is 3.53. The van der Waals surface area contributed by atoms with Gasteiger partial charge in [-0.15, -0.1) is 6.58 Å². The van der Waals surface area contributed by atoms with Gasteiger partial charge < -0.3 is 5.73 Å². The van der Waals surface area contributed by atoms with Crippen molar-refractivity contribution >= 4 is 0 Å². The Balaban J connectivity index is 3.71. The minimum absolute atomic E-state index is 0.202. The Bertz CT molecular complexity index is 150. The molecule has 0 aromatic carbocycles. The lowest BCUT2D eigenvalue weighted by Crippen LogP contribution is -2.32. The molecule has 2 N–H and O–H groups in total. The second-order valence-corrected chi connectivity index (χ2v) is 3.53. The van der Waals surface area contributed by atoms with Gasteiger partial charge in [0.05, 0.1) is 0 Å². The third kappa shape index (κ3) is 5.86. The zero-order valence-electron chi connectivity index (χ0n) is 7.85. The van der Waals surface area contributed by atoms with Crippen LogP contribution >= 0.6 is 0 Å². The SMILES string of the molecule is C=C[C@](C)(N)CCC=C(C)C. The highest BCUT2D eigenvalue weighted by Crippen LogP contribution is 2.10. The summed E-state index contributed by atoms with van der Waals surface area (Å²) in [7, 11) is 0. The van der Waals surface area contributed by atoms with Crippen LogP contribution < -0.4 is 5.73 Å². The van der Waals surface area contributed by atoms with Crippen molar-refractivity contribution in [1.29, 1.82) is 0 Å². The number of allylic oxidation sites excluding steroid dienone is 2. The molecule has 0 heterocycles. The van der Waals surface area contributed by atoms with Crippen LogP contribution in [0.1, 0.15) is 33.6 Å². The lowest BCUT2D eigenvalue weighted by molar-refractivity contribution is 0.540. The van der Waals surface area contributed by atoms with Gasteiger partial charge in [-0.2, -0.15) is 0 Å². The molecule has 0 aliphatic carbocycles. The molecule has 0 aliphatic heterocycles. The number of hydrogen-bond acceptors (Lipinski definition) is 1. The molecule has 0 aromatic rings. The van der Waals surface area contributed by atoms with Crippen LogP contribution in [0.15, 0.2) is 24.3 Å². The Morgan fingerprint density at radius 2 is 2.09 bits per heavy atom. The molecule has 0 spiro atoms. The van der Waals surface area contributed by atoms with Crippen LogP contribution in [0.2, 0.25) is 0 Å². The maximum atomic E-state index is 5.85. The van der Waals surface area contributed by atoms with E-state index >= 15 is 0 Å². The summed E-state index contributed by atoms with van der Waals surface area (Å²) in [6.45, 7) is 9.88. The van der Waals surface area contributed by atoms with E-state index in [1.54, 1.807) is 0 Å². The van der Waals surface area contributed by atoms with E-state index in [4.69, 9.17) is 5.73 Å². The van der Waals surface area contributed by atoms with Crippen LogP contribution in [-0.2, 0) is 0 Å². The highest BCUT2D eigenvalue weighted by molar-refractivity contribution is 5.00. The lowest BCUT2D eigenvalue weighted by atomic mass is 9.97. The average molecular weight is 153 g/mol. The van der Waals surface area contributed by atoms with E-state index in [9.17, 15) is 0 Å². The van der Waals surface area contributed by atoms with Gasteiger partial charge in [0.1, 0.15) is 0 Å². The third-order valence-corrected chi connectivity index (χ3v) is 1.70. The summed E-state index contributed by atoms with van der Waals surface area (Å²) < 4.78 is 0. The van der Waals surface area contributed by atoms with Crippen molar-refractivity contribution in [2.45, 2.75) is 39.2 Å². The molecule has 0 saturated heterocycles. The van der Waals surface area contributed by atoms with Crippen LogP contribution in [0, 0.1) is 0 Å². The third-order valence-electron chi connectivity index (χ3n) is 1.70. The molecule has 1 nitrogen and oxygen atoms in total.